The highest BCUT2D eigenvalue weighted by molar-refractivity contribution is 5.72. The summed E-state index contributed by atoms with van der Waals surface area (Å²) in [6.07, 6.45) is 9.28. The lowest BCUT2D eigenvalue weighted by Crippen LogP contribution is -2.27. The highest BCUT2D eigenvalue weighted by Crippen LogP contribution is 2.48. The third kappa shape index (κ3) is 0.840. The Hall–Kier alpha value is -1.05. The standard InChI is InChI=1S/C10H12O2/c1-7(9(11)12)10-4-2-8(6-10)3-5-10/h2-5,7-8H,6H2,1H3,(H,11,12). The first-order valence-corrected chi connectivity index (χ1v) is 4.25. The van der Waals surface area contributed by atoms with Crippen LogP contribution in [-0.4, -0.2) is 11.1 Å². The number of carboxylic acids is 1. The van der Waals surface area contributed by atoms with Gasteiger partial charge in [-0.25, -0.2) is 0 Å². The maximum atomic E-state index is 10.8. The van der Waals surface area contributed by atoms with Crippen molar-refractivity contribution in [3.8, 4) is 0 Å². The lowest BCUT2D eigenvalue weighted by atomic mass is 9.77. The molecule has 2 rings (SSSR count). The van der Waals surface area contributed by atoms with E-state index in [9.17, 15) is 4.79 Å². The molecule has 0 aromatic rings. The zero-order chi connectivity index (χ0) is 8.77. The van der Waals surface area contributed by atoms with Crippen molar-refractivity contribution in [1.29, 1.82) is 0 Å². The third-order valence-corrected chi connectivity index (χ3v) is 3.07. The second-order valence-corrected chi connectivity index (χ2v) is 3.76. The molecular formula is C10H12O2. The lowest BCUT2D eigenvalue weighted by Gasteiger charge is -2.25. The summed E-state index contributed by atoms with van der Waals surface area (Å²) in [6, 6.07) is 0. The Morgan fingerprint density at radius 3 is 2.50 bits per heavy atom. The summed E-state index contributed by atoms with van der Waals surface area (Å²) in [5.41, 5.74) is -0.170. The van der Waals surface area contributed by atoms with Gasteiger partial charge < -0.3 is 5.11 Å². The van der Waals surface area contributed by atoms with Gasteiger partial charge in [-0.2, -0.15) is 0 Å². The van der Waals surface area contributed by atoms with Crippen LogP contribution >= 0.6 is 0 Å². The van der Waals surface area contributed by atoms with Crippen LogP contribution in [0.2, 0.25) is 0 Å². The van der Waals surface area contributed by atoms with Gasteiger partial charge in [0.2, 0.25) is 0 Å². The maximum absolute atomic E-state index is 10.8. The summed E-state index contributed by atoms with van der Waals surface area (Å²) >= 11 is 0. The Morgan fingerprint density at radius 1 is 1.58 bits per heavy atom. The predicted molar refractivity (Wildman–Crippen MR) is 45.6 cm³/mol. The van der Waals surface area contributed by atoms with E-state index < -0.39 is 5.97 Å². The molecule has 2 nitrogen and oxygen atoms in total. The first-order chi connectivity index (χ1) is 5.64. The third-order valence-electron chi connectivity index (χ3n) is 3.07. The number of hydrogen-bond acceptors (Lipinski definition) is 1. The fourth-order valence-corrected chi connectivity index (χ4v) is 2.10. The fraction of sp³-hybridized carbons (Fsp3) is 0.500. The average molecular weight is 164 g/mol. The maximum Gasteiger partial charge on any atom is 0.307 e. The van der Waals surface area contributed by atoms with Crippen LogP contribution < -0.4 is 0 Å². The average Bonchev–Trinajstić information content (AvgIpc) is 2.62. The molecule has 1 unspecified atom stereocenters. The first-order valence-electron chi connectivity index (χ1n) is 4.25. The van der Waals surface area contributed by atoms with Crippen LogP contribution in [0.5, 0.6) is 0 Å². The molecule has 64 valence electrons. The van der Waals surface area contributed by atoms with E-state index in [0.717, 1.165) is 6.42 Å². The molecule has 0 saturated carbocycles. The zero-order valence-electron chi connectivity index (χ0n) is 7.03. The highest BCUT2D eigenvalue weighted by Gasteiger charge is 2.43. The Morgan fingerprint density at radius 2 is 2.17 bits per heavy atom. The summed E-state index contributed by atoms with van der Waals surface area (Å²) < 4.78 is 0. The Kier molecular flexibility index (Phi) is 1.40. The van der Waals surface area contributed by atoms with Gasteiger partial charge in [0.25, 0.3) is 0 Å². The molecule has 2 heteroatoms. The number of carbonyl (C=O) groups is 1. The van der Waals surface area contributed by atoms with E-state index >= 15 is 0 Å². The van der Waals surface area contributed by atoms with Gasteiger partial charge in [-0.1, -0.05) is 31.2 Å². The van der Waals surface area contributed by atoms with Crippen LogP contribution in [0.3, 0.4) is 0 Å². The van der Waals surface area contributed by atoms with Crippen molar-refractivity contribution >= 4 is 5.97 Å². The Balaban J connectivity index is 2.27. The number of aliphatic carboxylic acids is 1. The molecule has 1 N–H and O–H groups in total. The van der Waals surface area contributed by atoms with Crippen LogP contribution in [0.1, 0.15) is 13.3 Å². The van der Waals surface area contributed by atoms with Crippen LogP contribution in [0.4, 0.5) is 0 Å². The van der Waals surface area contributed by atoms with Gasteiger partial charge in [-0.05, 0) is 12.3 Å². The normalized spacial score (nSPS) is 38.9. The summed E-state index contributed by atoms with van der Waals surface area (Å²) in [7, 11) is 0. The van der Waals surface area contributed by atoms with E-state index in [1.807, 2.05) is 0 Å². The second kappa shape index (κ2) is 2.22. The monoisotopic (exact) mass is 164 g/mol. The van der Waals surface area contributed by atoms with E-state index in [0.29, 0.717) is 5.92 Å². The van der Waals surface area contributed by atoms with Gasteiger partial charge in [0.1, 0.15) is 0 Å². The van der Waals surface area contributed by atoms with Crippen molar-refractivity contribution in [3.63, 3.8) is 0 Å². The van der Waals surface area contributed by atoms with Gasteiger partial charge in [-0.3, -0.25) is 4.79 Å². The second-order valence-electron chi connectivity index (χ2n) is 3.76. The summed E-state index contributed by atoms with van der Waals surface area (Å²) in [4.78, 5) is 10.8. The van der Waals surface area contributed by atoms with Crippen molar-refractivity contribution in [2.45, 2.75) is 13.3 Å². The fourth-order valence-electron chi connectivity index (χ4n) is 2.10. The number of carboxylic acid groups (broad SMARTS) is 1. The summed E-state index contributed by atoms with van der Waals surface area (Å²) in [5, 5.41) is 8.89. The first kappa shape index (κ1) is 7.59. The van der Waals surface area contributed by atoms with Crippen LogP contribution in [0, 0.1) is 17.3 Å². The molecule has 0 aliphatic heterocycles. The predicted octanol–water partition coefficient (Wildman–Crippen LogP) is 1.84. The van der Waals surface area contributed by atoms with E-state index in [4.69, 9.17) is 5.11 Å². The highest BCUT2D eigenvalue weighted by atomic mass is 16.4. The Labute approximate surface area is 71.6 Å². The lowest BCUT2D eigenvalue weighted by molar-refractivity contribution is -0.143. The molecule has 0 saturated heterocycles. The smallest absolute Gasteiger partial charge is 0.307 e. The summed E-state index contributed by atoms with van der Waals surface area (Å²) in [6.45, 7) is 1.78. The van der Waals surface area contributed by atoms with Gasteiger partial charge in [-0.15, -0.1) is 0 Å². The molecule has 0 aromatic carbocycles. The topological polar surface area (TPSA) is 37.3 Å². The van der Waals surface area contributed by atoms with Crippen LogP contribution in [-0.2, 0) is 4.79 Å². The minimum atomic E-state index is -0.702. The van der Waals surface area contributed by atoms with Gasteiger partial charge in [0, 0.05) is 5.41 Å². The van der Waals surface area contributed by atoms with Crippen LogP contribution in [0.15, 0.2) is 24.3 Å². The largest absolute Gasteiger partial charge is 0.481 e. The molecule has 0 fully saturated rings. The molecule has 2 bridgehead atoms. The van der Waals surface area contributed by atoms with Crippen LogP contribution in [0.25, 0.3) is 0 Å². The molecule has 0 amide bonds. The molecule has 2 aliphatic rings. The molecule has 0 spiro atoms. The van der Waals surface area contributed by atoms with Gasteiger partial charge >= 0.3 is 5.97 Å². The number of hydrogen-bond donors (Lipinski definition) is 1. The van der Waals surface area contributed by atoms with E-state index in [2.05, 4.69) is 24.3 Å². The molecule has 12 heavy (non-hydrogen) atoms. The minimum absolute atomic E-state index is 0.170. The van der Waals surface area contributed by atoms with E-state index in [1.54, 1.807) is 6.92 Å². The molecule has 1 atom stereocenters. The van der Waals surface area contributed by atoms with Crippen molar-refractivity contribution in [2.24, 2.45) is 17.3 Å². The quantitative estimate of drug-likeness (QED) is 0.632. The SMILES string of the molecule is CC(C(=O)O)C12C=CC(C=C1)C2. The zero-order valence-corrected chi connectivity index (χ0v) is 7.03. The molecule has 2 aliphatic carbocycles. The minimum Gasteiger partial charge on any atom is -0.481 e. The number of allylic oxidation sites excluding steroid dienone is 4. The molecular weight excluding hydrogens is 152 g/mol. The van der Waals surface area contributed by atoms with Crippen molar-refractivity contribution in [2.75, 3.05) is 0 Å². The molecule has 0 aromatic heterocycles. The van der Waals surface area contributed by atoms with Crippen molar-refractivity contribution < 1.29 is 9.90 Å². The van der Waals surface area contributed by atoms with Crippen molar-refractivity contribution in [1.82, 2.24) is 0 Å². The van der Waals surface area contributed by atoms with Gasteiger partial charge in [0.15, 0.2) is 0 Å². The molecule has 0 radical (unpaired) electrons. The molecule has 0 heterocycles. The Bertz CT molecular complexity index is 262. The number of rotatable bonds is 2. The van der Waals surface area contributed by atoms with E-state index in [-0.39, 0.29) is 11.3 Å². The van der Waals surface area contributed by atoms with Crippen molar-refractivity contribution in [3.05, 3.63) is 24.3 Å². The summed E-state index contributed by atoms with van der Waals surface area (Å²) in [5.74, 6) is -0.504. The van der Waals surface area contributed by atoms with Gasteiger partial charge in [0.05, 0.1) is 5.92 Å². The van der Waals surface area contributed by atoms with E-state index in [1.165, 1.54) is 0 Å². The number of fused-ring (bicyclic) bond motifs is 2.